The van der Waals surface area contributed by atoms with Crippen molar-refractivity contribution in [3.8, 4) is 11.5 Å². The Morgan fingerprint density at radius 1 is 0.778 bits per heavy atom. The van der Waals surface area contributed by atoms with E-state index in [1.54, 1.807) is 14.2 Å². The van der Waals surface area contributed by atoms with Gasteiger partial charge in [-0.1, -0.05) is 0 Å². The maximum Gasteiger partial charge on any atom is 0.119 e. The van der Waals surface area contributed by atoms with Crippen LogP contribution in [0.3, 0.4) is 0 Å². The summed E-state index contributed by atoms with van der Waals surface area (Å²) in [6, 6.07) is 15.1. The standard InChI is InChI=1S/C15H14NO2/c1-17-14-7-3-12(4-8-14)11-16-13-5-9-15(18-2)10-6-13/h3-10H,1-2H3. The summed E-state index contributed by atoms with van der Waals surface area (Å²) < 4.78 is 10.2. The predicted octanol–water partition coefficient (Wildman–Crippen LogP) is 3.33. The smallest absolute Gasteiger partial charge is 0.119 e. The Labute approximate surface area is 107 Å². The van der Waals surface area contributed by atoms with E-state index in [0.717, 1.165) is 22.7 Å². The minimum absolute atomic E-state index is 0.818. The second-order valence-corrected chi connectivity index (χ2v) is 3.65. The fourth-order valence-electron chi connectivity index (χ4n) is 1.45. The molecule has 0 aliphatic rings. The number of rotatable bonds is 4. The lowest BCUT2D eigenvalue weighted by Gasteiger charge is -1.99. The maximum atomic E-state index is 5.09. The van der Waals surface area contributed by atoms with Crippen LogP contribution in [-0.4, -0.2) is 20.4 Å². The van der Waals surface area contributed by atoms with Gasteiger partial charge in [0, 0.05) is 5.56 Å². The van der Waals surface area contributed by atoms with Gasteiger partial charge in [-0.05, 0) is 48.5 Å². The molecule has 2 rings (SSSR count). The molecule has 1 radical (unpaired) electrons. The minimum atomic E-state index is 0.818. The van der Waals surface area contributed by atoms with Crippen molar-refractivity contribution < 1.29 is 9.47 Å². The Bertz CT molecular complexity index is 466. The topological polar surface area (TPSA) is 30.8 Å². The van der Waals surface area contributed by atoms with Crippen molar-refractivity contribution in [2.75, 3.05) is 14.2 Å². The van der Waals surface area contributed by atoms with Crippen molar-refractivity contribution in [1.82, 2.24) is 0 Å². The van der Waals surface area contributed by atoms with Crippen molar-refractivity contribution in [3.05, 3.63) is 54.1 Å². The van der Waals surface area contributed by atoms with Crippen LogP contribution in [0, 0.1) is 0 Å². The molecule has 0 unspecified atom stereocenters. The highest BCUT2D eigenvalue weighted by Crippen LogP contribution is 2.18. The van der Waals surface area contributed by atoms with E-state index in [2.05, 4.69) is 11.2 Å². The van der Waals surface area contributed by atoms with Crippen molar-refractivity contribution in [1.29, 1.82) is 0 Å². The number of methoxy groups -OCH3 is 2. The predicted molar refractivity (Wildman–Crippen MR) is 72.2 cm³/mol. The first-order valence-electron chi connectivity index (χ1n) is 5.56. The summed E-state index contributed by atoms with van der Waals surface area (Å²) >= 11 is 0. The average Bonchev–Trinajstić information content (AvgIpc) is 2.46. The molecule has 0 saturated carbocycles. The summed E-state index contributed by atoms with van der Waals surface area (Å²) in [7, 11) is 3.28. The molecular weight excluding hydrogens is 226 g/mol. The van der Waals surface area contributed by atoms with Gasteiger partial charge in [0.05, 0.1) is 26.1 Å². The molecule has 0 aliphatic carbocycles. The van der Waals surface area contributed by atoms with E-state index in [0.29, 0.717) is 0 Å². The van der Waals surface area contributed by atoms with E-state index in [1.165, 1.54) is 0 Å². The highest BCUT2D eigenvalue weighted by molar-refractivity contribution is 5.82. The molecule has 0 aromatic heterocycles. The zero-order valence-corrected chi connectivity index (χ0v) is 10.4. The highest BCUT2D eigenvalue weighted by atomic mass is 16.5. The number of hydrogen-bond acceptors (Lipinski definition) is 3. The van der Waals surface area contributed by atoms with Gasteiger partial charge < -0.3 is 9.47 Å². The van der Waals surface area contributed by atoms with Crippen LogP contribution in [0.25, 0.3) is 0 Å². The van der Waals surface area contributed by atoms with Crippen LogP contribution in [-0.2, 0) is 0 Å². The van der Waals surface area contributed by atoms with Gasteiger partial charge >= 0.3 is 0 Å². The first-order chi connectivity index (χ1) is 8.81. The third-order valence-electron chi connectivity index (χ3n) is 2.48. The molecule has 0 aliphatic heterocycles. The number of benzene rings is 2. The van der Waals surface area contributed by atoms with Crippen LogP contribution in [0.1, 0.15) is 5.56 Å². The van der Waals surface area contributed by atoms with E-state index in [-0.39, 0.29) is 0 Å². The fourth-order valence-corrected chi connectivity index (χ4v) is 1.45. The molecule has 2 aromatic rings. The molecule has 0 N–H and O–H groups in total. The van der Waals surface area contributed by atoms with Crippen LogP contribution in [0.5, 0.6) is 11.5 Å². The Kier molecular flexibility index (Phi) is 3.97. The van der Waals surface area contributed by atoms with Gasteiger partial charge in [0.1, 0.15) is 11.5 Å². The van der Waals surface area contributed by atoms with E-state index < -0.39 is 0 Å². The zero-order valence-electron chi connectivity index (χ0n) is 10.4. The molecular formula is C15H14NO2. The van der Waals surface area contributed by atoms with Gasteiger partial charge in [-0.25, -0.2) is 4.99 Å². The first-order valence-corrected chi connectivity index (χ1v) is 5.56. The Morgan fingerprint density at radius 3 is 1.78 bits per heavy atom. The lowest BCUT2D eigenvalue weighted by Crippen LogP contribution is -1.84. The van der Waals surface area contributed by atoms with Gasteiger partial charge in [-0.3, -0.25) is 0 Å². The molecule has 0 heterocycles. The molecule has 3 nitrogen and oxygen atoms in total. The number of aliphatic imine (C=N–C) groups is 1. The molecule has 2 aromatic carbocycles. The van der Waals surface area contributed by atoms with Crippen LogP contribution < -0.4 is 9.47 Å². The van der Waals surface area contributed by atoms with Crippen LogP contribution in [0.4, 0.5) is 5.69 Å². The van der Waals surface area contributed by atoms with Crippen molar-refractivity contribution in [2.45, 2.75) is 0 Å². The summed E-state index contributed by atoms with van der Waals surface area (Å²) in [6.07, 6.45) is 2.98. The largest absolute Gasteiger partial charge is 0.497 e. The summed E-state index contributed by atoms with van der Waals surface area (Å²) in [4.78, 5) is 4.26. The summed E-state index contributed by atoms with van der Waals surface area (Å²) in [6.45, 7) is 0. The number of nitrogens with zero attached hydrogens (tertiary/aromatic N) is 1. The quantitative estimate of drug-likeness (QED) is 0.767. The van der Waals surface area contributed by atoms with Crippen LogP contribution in [0.15, 0.2) is 53.5 Å². The lowest BCUT2D eigenvalue weighted by molar-refractivity contribution is 0.414. The maximum absolute atomic E-state index is 5.09. The van der Waals surface area contributed by atoms with E-state index >= 15 is 0 Å². The van der Waals surface area contributed by atoms with Gasteiger partial charge in [-0.15, -0.1) is 0 Å². The second kappa shape index (κ2) is 5.87. The number of ether oxygens (including phenoxy) is 2. The molecule has 0 atom stereocenters. The molecule has 0 fully saturated rings. The molecule has 91 valence electrons. The van der Waals surface area contributed by atoms with Crippen molar-refractivity contribution in [2.24, 2.45) is 4.99 Å². The summed E-state index contributed by atoms with van der Waals surface area (Å²) in [5.74, 6) is 1.64. The Balaban J connectivity index is 2.08. The van der Waals surface area contributed by atoms with Crippen LogP contribution in [0.2, 0.25) is 0 Å². The van der Waals surface area contributed by atoms with E-state index in [4.69, 9.17) is 9.47 Å². The molecule has 0 saturated heterocycles. The van der Waals surface area contributed by atoms with E-state index in [9.17, 15) is 0 Å². The zero-order chi connectivity index (χ0) is 12.8. The highest BCUT2D eigenvalue weighted by Gasteiger charge is 1.93. The molecule has 18 heavy (non-hydrogen) atoms. The first kappa shape index (κ1) is 12.2. The monoisotopic (exact) mass is 240 g/mol. The number of hydrogen-bond donors (Lipinski definition) is 0. The van der Waals surface area contributed by atoms with Gasteiger partial charge in [0.15, 0.2) is 0 Å². The van der Waals surface area contributed by atoms with Gasteiger partial charge in [0.25, 0.3) is 0 Å². The Hall–Kier alpha value is -2.29. The van der Waals surface area contributed by atoms with Gasteiger partial charge in [-0.2, -0.15) is 0 Å². The van der Waals surface area contributed by atoms with Crippen molar-refractivity contribution >= 4 is 11.9 Å². The van der Waals surface area contributed by atoms with Crippen LogP contribution >= 0.6 is 0 Å². The SMILES string of the molecule is COc1ccc([C]=Nc2ccc(OC)cc2)cc1. The Morgan fingerprint density at radius 2 is 1.28 bits per heavy atom. The molecule has 3 heteroatoms. The molecule has 0 bridgehead atoms. The second-order valence-electron chi connectivity index (χ2n) is 3.65. The van der Waals surface area contributed by atoms with E-state index in [1.807, 2.05) is 48.5 Å². The lowest BCUT2D eigenvalue weighted by atomic mass is 10.2. The van der Waals surface area contributed by atoms with Gasteiger partial charge in [0.2, 0.25) is 0 Å². The molecule has 0 spiro atoms. The molecule has 0 amide bonds. The summed E-state index contributed by atoms with van der Waals surface area (Å²) in [5, 5.41) is 0. The minimum Gasteiger partial charge on any atom is -0.497 e. The summed E-state index contributed by atoms with van der Waals surface area (Å²) in [5.41, 5.74) is 1.75. The van der Waals surface area contributed by atoms with Crippen molar-refractivity contribution in [3.63, 3.8) is 0 Å². The average molecular weight is 240 g/mol. The normalized spacial score (nSPS) is 10.6. The third-order valence-corrected chi connectivity index (χ3v) is 2.48. The third kappa shape index (κ3) is 3.10. The fraction of sp³-hybridized carbons (Fsp3) is 0.133.